The molecule has 16 heavy (non-hydrogen) atoms. The summed E-state index contributed by atoms with van der Waals surface area (Å²) >= 11 is 6.93. The van der Waals surface area contributed by atoms with Crippen molar-refractivity contribution in [2.75, 3.05) is 0 Å². The summed E-state index contributed by atoms with van der Waals surface area (Å²) in [5.41, 5.74) is 3.01. The summed E-state index contributed by atoms with van der Waals surface area (Å²) in [5, 5.41) is 0. The van der Waals surface area contributed by atoms with Crippen molar-refractivity contribution in [3.05, 3.63) is 56.7 Å². The van der Waals surface area contributed by atoms with E-state index < -0.39 is 0 Å². The predicted octanol–water partition coefficient (Wildman–Crippen LogP) is 5.33. The van der Waals surface area contributed by atoms with E-state index in [-0.39, 0.29) is 5.82 Å². The Labute approximate surface area is 111 Å². The van der Waals surface area contributed by atoms with E-state index in [0.717, 1.165) is 20.1 Å². The van der Waals surface area contributed by atoms with Crippen molar-refractivity contribution in [3.8, 4) is 11.1 Å². The summed E-state index contributed by atoms with van der Waals surface area (Å²) in [6, 6.07) is 10.7. The van der Waals surface area contributed by atoms with Gasteiger partial charge >= 0.3 is 0 Å². The minimum absolute atomic E-state index is 0.231. The van der Waals surface area contributed by atoms with Gasteiger partial charge in [-0.3, -0.25) is 0 Å². The number of hydrogen-bond donors (Lipinski definition) is 0. The molecule has 0 unspecified atom stereocenters. The van der Waals surface area contributed by atoms with Crippen molar-refractivity contribution in [1.82, 2.24) is 0 Å². The van der Waals surface area contributed by atoms with Gasteiger partial charge in [-0.25, -0.2) is 4.39 Å². The van der Waals surface area contributed by atoms with Crippen LogP contribution in [-0.4, -0.2) is 0 Å². The van der Waals surface area contributed by atoms with E-state index in [4.69, 9.17) is 0 Å². The smallest absolute Gasteiger partial charge is 0.123 e. The monoisotopic (exact) mass is 342 g/mol. The van der Waals surface area contributed by atoms with Gasteiger partial charge in [0, 0.05) is 8.95 Å². The Morgan fingerprint density at radius 3 is 2.31 bits per heavy atom. The Morgan fingerprint density at radius 2 is 1.62 bits per heavy atom. The highest BCUT2D eigenvalue weighted by Crippen LogP contribution is 2.34. The Hall–Kier alpha value is -0.670. The Kier molecular flexibility index (Phi) is 3.45. The van der Waals surface area contributed by atoms with Crippen LogP contribution >= 0.6 is 31.9 Å². The number of halogens is 3. The van der Waals surface area contributed by atoms with Crippen molar-refractivity contribution in [2.24, 2.45) is 0 Å². The Bertz CT molecular complexity index is 535. The highest BCUT2D eigenvalue weighted by Gasteiger charge is 2.08. The van der Waals surface area contributed by atoms with Gasteiger partial charge in [0.1, 0.15) is 5.82 Å². The van der Waals surface area contributed by atoms with Gasteiger partial charge in [0.15, 0.2) is 0 Å². The van der Waals surface area contributed by atoms with Crippen LogP contribution in [-0.2, 0) is 0 Å². The van der Waals surface area contributed by atoms with E-state index in [0.29, 0.717) is 0 Å². The molecular formula is C13H9Br2F. The summed E-state index contributed by atoms with van der Waals surface area (Å²) in [5.74, 6) is -0.231. The average Bonchev–Trinajstić information content (AvgIpc) is 2.22. The molecule has 2 aromatic rings. The highest BCUT2D eigenvalue weighted by molar-refractivity contribution is 9.11. The van der Waals surface area contributed by atoms with E-state index in [1.807, 2.05) is 25.1 Å². The second-order valence-electron chi connectivity index (χ2n) is 3.61. The van der Waals surface area contributed by atoms with Gasteiger partial charge < -0.3 is 0 Å². The van der Waals surface area contributed by atoms with Crippen molar-refractivity contribution in [3.63, 3.8) is 0 Å². The summed E-state index contributed by atoms with van der Waals surface area (Å²) in [7, 11) is 0. The molecule has 0 bridgehead atoms. The van der Waals surface area contributed by atoms with Crippen molar-refractivity contribution >= 4 is 31.9 Å². The zero-order chi connectivity index (χ0) is 11.7. The molecule has 0 atom stereocenters. The van der Waals surface area contributed by atoms with Crippen LogP contribution in [0.15, 0.2) is 45.3 Å². The molecule has 82 valence electrons. The number of hydrogen-bond acceptors (Lipinski definition) is 0. The van der Waals surface area contributed by atoms with Crippen molar-refractivity contribution in [1.29, 1.82) is 0 Å². The molecule has 2 rings (SSSR count). The molecule has 0 radical (unpaired) electrons. The van der Waals surface area contributed by atoms with Gasteiger partial charge in [-0.1, -0.05) is 44.0 Å². The third-order valence-corrected chi connectivity index (χ3v) is 3.69. The minimum Gasteiger partial charge on any atom is -0.207 e. The SMILES string of the molecule is Cc1ccc(-c2cc(F)ccc2Br)c(Br)c1. The quantitative estimate of drug-likeness (QED) is 0.656. The molecule has 0 aliphatic carbocycles. The predicted molar refractivity (Wildman–Crippen MR) is 72.0 cm³/mol. The lowest BCUT2D eigenvalue weighted by atomic mass is 10.0. The first-order valence-electron chi connectivity index (χ1n) is 4.79. The fourth-order valence-electron chi connectivity index (χ4n) is 1.54. The van der Waals surface area contributed by atoms with Crippen LogP contribution in [0.25, 0.3) is 11.1 Å². The Morgan fingerprint density at radius 1 is 0.875 bits per heavy atom. The lowest BCUT2D eigenvalue weighted by molar-refractivity contribution is 0.628. The first kappa shape index (κ1) is 11.8. The maximum Gasteiger partial charge on any atom is 0.123 e. The summed E-state index contributed by atoms with van der Waals surface area (Å²) in [4.78, 5) is 0. The molecule has 0 fully saturated rings. The Balaban J connectivity index is 2.62. The second-order valence-corrected chi connectivity index (χ2v) is 5.32. The topological polar surface area (TPSA) is 0 Å². The van der Waals surface area contributed by atoms with E-state index in [9.17, 15) is 4.39 Å². The number of aryl methyl sites for hydroxylation is 1. The van der Waals surface area contributed by atoms with Crippen LogP contribution in [0, 0.1) is 12.7 Å². The molecule has 0 aromatic heterocycles. The lowest BCUT2D eigenvalue weighted by Crippen LogP contribution is -1.85. The van der Waals surface area contributed by atoms with E-state index >= 15 is 0 Å². The second kappa shape index (κ2) is 4.68. The van der Waals surface area contributed by atoms with Gasteiger partial charge in [0.25, 0.3) is 0 Å². The van der Waals surface area contributed by atoms with Crippen LogP contribution in [0.2, 0.25) is 0 Å². The summed E-state index contributed by atoms with van der Waals surface area (Å²) < 4.78 is 15.1. The number of benzene rings is 2. The third kappa shape index (κ3) is 2.36. The van der Waals surface area contributed by atoms with Crippen LogP contribution in [0.1, 0.15) is 5.56 Å². The van der Waals surface area contributed by atoms with Crippen molar-refractivity contribution < 1.29 is 4.39 Å². The summed E-state index contributed by atoms with van der Waals surface area (Å²) in [6.45, 7) is 2.02. The molecule has 0 heterocycles. The molecule has 2 aromatic carbocycles. The highest BCUT2D eigenvalue weighted by atomic mass is 79.9. The first-order valence-corrected chi connectivity index (χ1v) is 6.38. The largest absolute Gasteiger partial charge is 0.207 e. The maximum absolute atomic E-state index is 13.2. The van der Waals surface area contributed by atoms with Gasteiger partial charge in [-0.15, -0.1) is 0 Å². The summed E-state index contributed by atoms with van der Waals surface area (Å²) in [6.07, 6.45) is 0. The van der Waals surface area contributed by atoms with E-state index in [2.05, 4.69) is 31.9 Å². The van der Waals surface area contributed by atoms with Crippen LogP contribution in [0.3, 0.4) is 0 Å². The molecule has 0 amide bonds. The zero-order valence-electron chi connectivity index (χ0n) is 8.60. The molecule has 0 aliphatic rings. The average molecular weight is 344 g/mol. The fraction of sp³-hybridized carbons (Fsp3) is 0.0769. The lowest BCUT2D eigenvalue weighted by Gasteiger charge is -2.08. The maximum atomic E-state index is 13.2. The fourth-order valence-corrected chi connectivity index (χ4v) is 2.71. The standard InChI is InChI=1S/C13H9Br2F/c1-8-2-4-10(13(15)6-8)11-7-9(16)3-5-12(11)14/h2-7H,1H3. The zero-order valence-corrected chi connectivity index (χ0v) is 11.8. The normalized spacial score (nSPS) is 10.5. The van der Waals surface area contributed by atoms with Gasteiger partial charge in [0.05, 0.1) is 0 Å². The van der Waals surface area contributed by atoms with Gasteiger partial charge in [0.2, 0.25) is 0 Å². The van der Waals surface area contributed by atoms with Crippen molar-refractivity contribution in [2.45, 2.75) is 6.92 Å². The van der Waals surface area contributed by atoms with Gasteiger partial charge in [-0.05, 0) is 47.9 Å². The molecular weight excluding hydrogens is 335 g/mol. The molecule has 0 saturated carbocycles. The van der Waals surface area contributed by atoms with Crippen LogP contribution < -0.4 is 0 Å². The molecule has 0 N–H and O–H groups in total. The molecule has 3 heteroatoms. The first-order chi connectivity index (χ1) is 7.58. The van der Waals surface area contributed by atoms with E-state index in [1.165, 1.54) is 17.7 Å². The van der Waals surface area contributed by atoms with Gasteiger partial charge in [-0.2, -0.15) is 0 Å². The molecule has 0 spiro atoms. The van der Waals surface area contributed by atoms with Crippen LogP contribution in [0.4, 0.5) is 4.39 Å². The molecule has 0 nitrogen and oxygen atoms in total. The van der Waals surface area contributed by atoms with E-state index in [1.54, 1.807) is 6.07 Å². The minimum atomic E-state index is -0.231. The number of rotatable bonds is 1. The molecule has 0 saturated heterocycles. The van der Waals surface area contributed by atoms with Crippen LogP contribution in [0.5, 0.6) is 0 Å². The third-order valence-electron chi connectivity index (χ3n) is 2.34. The molecule has 0 aliphatic heterocycles.